The van der Waals surface area contributed by atoms with E-state index in [1.54, 1.807) is 0 Å². The Morgan fingerprint density at radius 2 is 2.13 bits per heavy atom. The number of fused-ring (bicyclic) bond motifs is 1. The molecule has 1 heterocycles. The van der Waals surface area contributed by atoms with E-state index in [4.69, 9.17) is 0 Å². The summed E-state index contributed by atoms with van der Waals surface area (Å²) in [5.74, 6) is 0.715. The molecule has 0 spiro atoms. The van der Waals surface area contributed by atoms with Gasteiger partial charge in [-0.1, -0.05) is 26.8 Å². The zero-order valence-electron chi connectivity index (χ0n) is 9.58. The first-order valence-corrected chi connectivity index (χ1v) is 6.39. The second-order valence-corrected chi connectivity index (χ2v) is 5.48. The summed E-state index contributed by atoms with van der Waals surface area (Å²) in [5.41, 5.74) is 2.58. The van der Waals surface area contributed by atoms with E-state index in [0.29, 0.717) is 5.92 Å². The van der Waals surface area contributed by atoms with Crippen LogP contribution in [0.3, 0.4) is 0 Å². The van der Waals surface area contributed by atoms with E-state index < -0.39 is 0 Å². The van der Waals surface area contributed by atoms with Gasteiger partial charge in [-0.05, 0) is 36.5 Å². The van der Waals surface area contributed by atoms with E-state index in [9.17, 15) is 0 Å². The molecule has 1 aromatic heterocycles. The van der Waals surface area contributed by atoms with Crippen LogP contribution in [0.4, 0.5) is 0 Å². The largest absolute Gasteiger partial charge is 0.241 e. The molecule has 80 valence electrons. The lowest BCUT2D eigenvalue weighted by Crippen LogP contribution is -1.93. The number of aromatic nitrogens is 1. The van der Waals surface area contributed by atoms with Gasteiger partial charge in [-0.2, -0.15) is 0 Å². The van der Waals surface area contributed by atoms with Gasteiger partial charge in [0.25, 0.3) is 0 Å². The highest BCUT2D eigenvalue weighted by atomic mass is 32.1. The van der Waals surface area contributed by atoms with Crippen LogP contribution < -0.4 is 0 Å². The molecule has 0 unspecified atom stereocenters. The highest BCUT2D eigenvalue weighted by Crippen LogP contribution is 2.24. The van der Waals surface area contributed by atoms with Crippen molar-refractivity contribution >= 4 is 21.6 Å². The Morgan fingerprint density at radius 3 is 2.80 bits per heavy atom. The molecule has 0 fully saturated rings. The second kappa shape index (κ2) is 4.31. The van der Waals surface area contributed by atoms with E-state index in [2.05, 4.69) is 44.0 Å². The Balaban J connectivity index is 2.37. The maximum absolute atomic E-state index is 4.62. The van der Waals surface area contributed by atoms with Crippen molar-refractivity contribution in [2.45, 2.75) is 33.6 Å². The zero-order valence-corrected chi connectivity index (χ0v) is 10.4. The number of benzene rings is 1. The van der Waals surface area contributed by atoms with Crippen molar-refractivity contribution in [2.24, 2.45) is 5.92 Å². The highest BCUT2D eigenvalue weighted by molar-refractivity contribution is 7.18. The molecule has 0 aliphatic heterocycles. The average molecular weight is 219 g/mol. The number of hydrogen-bond donors (Lipinski definition) is 0. The molecule has 0 radical (unpaired) electrons. The average Bonchev–Trinajstić information content (AvgIpc) is 2.58. The van der Waals surface area contributed by atoms with E-state index in [-0.39, 0.29) is 0 Å². The molecule has 0 aliphatic carbocycles. The Morgan fingerprint density at radius 1 is 1.33 bits per heavy atom. The molecule has 2 heteroatoms. The smallest absolute Gasteiger partial charge is 0.0935 e. The Labute approximate surface area is 95.2 Å². The van der Waals surface area contributed by atoms with Gasteiger partial charge in [-0.15, -0.1) is 11.3 Å². The van der Waals surface area contributed by atoms with Crippen LogP contribution in [-0.4, -0.2) is 4.98 Å². The summed E-state index contributed by atoms with van der Waals surface area (Å²) >= 11 is 1.81. The minimum Gasteiger partial charge on any atom is -0.241 e. The molecular weight excluding hydrogens is 202 g/mol. The van der Waals surface area contributed by atoms with Crippen molar-refractivity contribution in [1.29, 1.82) is 0 Å². The summed E-state index contributed by atoms with van der Waals surface area (Å²) in [6.07, 6.45) is 2.19. The lowest BCUT2D eigenvalue weighted by atomic mass is 10.0. The Hall–Kier alpha value is -0.890. The lowest BCUT2D eigenvalue weighted by Gasteiger charge is -2.03. The van der Waals surface area contributed by atoms with Crippen LogP contribution in [-0.2, 0) is 12.8 Å². The summed E-state index contributed by atoms with van der Waals surface area (Å²) in [4.78, 5) is 4.62. The molecule has 1 nitrogen and oxygen atoms in total. The van der Waals surface area contributed by atoms with Gasteiger partial charge in [0.2, 0.25) is 0 Å². The van der Waals surface area contributed by atoms with Crippen LogP contribution in [0.1, 0.15) is 31.3 Å². The van der Waals surface area contributed by atoms with Gasteiger partial charge in [-0.3, -0.25) is 0 Å². The number of rotatable bonds is 3. The Bertz CT molecular complexity index is 457. The summed E-state index contributed by atoms with van der Waals surface area (Å²) in [6.45, 7) is 6.66. The number of thiazole rings is 1. The third-order valence-corrected chi connectivity index (χ3v) is 3.62. The minimum absolute atomic E-state index is 0.715. The van der Waals surface area contributed by atoms with E-state index in [1.165, 1.54) is 20.8 Å². The van der Waals surface area contributed by atoms with Gasteiger partial charge in [0.1, 0.15) is 0 Å². The van der Waals surface area contributed by atoms with Crippen LogP contribution in [0.2, 0.25) is 0 Å². The standard InChI is InChI=1S/C13H17NS/c1-4-13-14-11-8-10(7-9(2)3)5-6-12(11)15-13/h5-6,8-9H,4,7H2,1-3H3. The van der Waals surface area contributed by atoms with Crippen molar-refractivity contribution in [3.8, 4) is 0 Å². The topological polar surface area (TPSA) is 12.9 Å². The van der Waals surface area contributed by atoms with Crippen molar-refractivity contribution in [3.63, 3.8) is 0 Å². The number of aryl methyl sites for hydroxylation is 1. The van der Waals surface area contributed by atoms with Gasteiger partial charge < -0.3 is 0 Å². The van der Waals surface area contributed by atoms with Crippen molar-refractivity contribution in [1.82, 2.24) is 4.98 Å². The fourth-order valence-electron chi connectivity index (χ4n) is 1.77. The lowest BCUT2D eigenvalue weighted by molar-refractivity contribution is 0.648. The first kappa shape index (κ1) is 10.6. The van der Waals surface area contributed by atoms with Gasteiger partial charge in [0.15, 0.2) is 0 Å². The van der Waals surface area contributed by atoms with Gasteiger partial charge >= 0.3 is 0 Å². The quantitative estimate of drug-likeness (QED) is 0.758. The number of nitrogens with zero attached hydrogens (tertiary/aromatic N) is 1. The maximum atomic E-state index is 4.62. The first-order chi connectivity index (χ1) is 7.19. The molecular formula is C13H17NS. The van der Waals surface area contributed by atoms with Crippen LogP contribution in [0, 0.1) is 5.92 Å². The molecule has 0 saturated carbocycles. The van der Waals surface area contributed by atoms with Crippen molar-refractivity contribution in [2.75, 3.05) is 0 Å². The zero-order chi connectivity index (χ0) is 10.8. The third-order valence-electron chi connectivity index (χ3n) is 2.44. The Kier molecular flexibility index (Phi) is 3.06. The van der Waals surface area contributed by atoms with Gasteiger partial charge in [-0.25, -0.2) is 4.98 Å². The van der Waals surface area contributed by atoms with Crippen molar-refractivity contribution < 1.29 is 0 Å². The molecule has 0 saturated heterocycles. The highest BCUT2D eigenvalue weighted by Gasteiger charge is 2.04. The molecule has 2 rings (SSSR count). The fourth-order valence-corrected chi connectivity index (χ4v) is 2.66. The van der Waals surface area contributed by atoms with E-state index >= 15 is 0 Å². The summed E-state index contributed by atoms with van der Waals surface area (Å²) in [7, 11) is 0. The SMILES string of the molecule is CCc1nc2cc(CC(C)C)ccc2s1. The monoisotopic (exact) mass is 219 g/mol. The van der Waals surface area contributed by atoms with E-state index in [0.717, 1.165) is 12.8 Å². The molecule has 0 amide bonds. The minimum atomic E-state index is 0.715. The molecule has 0 N–H and O–H groups in total. The second-order valence-electron chi connectivity index (χ2n) is 4.36. The predicted molar refractivity (Wildman–Crippen MR) is 67.5 cm³/mol. The van der Waals surface area contributed by atoms with Gasteiger partial charge in [0.05, 0.1) is 15.2 Å². The van der Waals surface area contributed by atoms with Crippen LogP contribution in [0.5, 0.6) is 0 Å². The van der Waals surface area contributed by atoms with Gasteiger partial charge in [0, 0.05) is 0 Å². The predicted octanol–water partition coefficient (Wildman–Crippen LogP) is 4.06. The van der Waals surface area contributed by atoms with E-state index in [1.807, 2.05) is 11.3 Å². The van der Waals surface area contributed by atoms with Crippen molar-refractivity contribution in [3.05, 3.63) is 28.8 Å². The molecule has 2 aromatic rings. The molecule has 0 aliphatic rings. The molecule has 0 atom stereocenters. The maximum Gasteiger partial charge on any atom is 0.0935 e. The molecule has 15 heavy (non-hydrogen) atoms. The summed E-state index contributed by atoms with van der Waals surface area (Å²) in [6, 6.07) is 6.69. The third kappa shape index (κ3) is 2.37. The first-order valence-electron chi connectivity index (χ1n) is 5.57. The summed E-state index contributed by atoms with van der Waals surface area (Å²) < 4.78 is 1.32. The fraction of sp³-hybridized carbons (Fsp3) is 0.462. The summed E-state index contributed by atoms with van der Waals surface area (Å²) in [5, 5.41) is 1.24. The normalized spacial score (nSPS) is 11.5. The van der Waals surface area contributed by atoms with Crippen LogP contribution in [0.25, 0.3) is 10.2 Å². The number of hydrogen-bond acceptors (Lipinski definition) is 2. The molecule has 0 bridgehead atoms. The molecule has 1 aromatic carbocycles. The van der Waals surface area contributed by atoms with Crippen LogP contribution >= 0.6 is 11.3 Å². The van der Waals surface area contributed by atoms with Crippen LogP contribution in [0.15, 0.2) is 18.2 Å².